The van der Waals surface area contributed by atoms with E-state index in [1.165, 1.54) is 0 Å². The van der Waals surface area contributed by atoms with E-state index in [9.17, 15) is 9.59 Å². The molecule has 0 aliphatic carbocycles. The molecule has 0 unspecified atom stereocenters. The summed E-state index contributed by atoms with van der Waals surface area (Å²) in [5, 5.41) is 8.25. The van der Waals surface area contributed by atoms with Crippen molar-refractivity contribution in [3.63, 3.8) is 0 Å². The molecule has 2 bridgehead atoms. The lowest BCUT2D eigenvalue weighted by molar-refractivity contribution is 0.0948. The van der Waals surface area contributed by atoms with Gasteiger partial charge in [0.2, 0.25) is 0 Å². The third-order valence-electron chi connectivity index (χ3n) is 4.76. The van der Waals surface area contributed by atoms with Gasteiger partial charge in [0.15, 0.2) is 0 Å². The molecular weight excluding hydrogens is 346 g/mol. The van der Waals surface area contributed by atoms with Crippen LogP contribution in [0.1, 0.15) is 33.3 Å². The van der Waals surface area contributed by atoms with Gasteiger partial charge in [-0.1, -0.05) is 6.07 Å². The number of thiophene rings is 1. The minimum atomic E-state index is -0.285. The number of amides is 1. The number of nitrogens with zero attached hydrogens (tertiary/aromatic N) is 1. The minimum absolute atomic E-state index is 0. The highest BCUT2D eigenvalue weighted by molar-refractivity contribution is 7.09. The van der Waals surface area contributed by atoms with Crippen LogP contribution < -0.4 is 16.2 Å². The van der Waals surface area contributed by atoms with Crippen LogP contribution in [0.25, 0.3) is 0 Å². The number of hydrogen-bond donors (Lipinski definition) is 2. The van der Waals surface area contributed by atoms with E-state index >= 15 is 0 Å². The van der Waals surface area contributed by atoms with E-state index in [-0.39, 0.29) is 29.4 Å². The quantitative estimate of drug-likeness (QED) is 0.874. The van der Waals surface area contributed by atoms with Gasteiger partial charge in [0.25, 0.3) is 11.5 Å². The number of piperidine rings is 1. The number of pyridine rings is 1. The first-order chi connectivity index (χ1) is 11.2. The van der Waals surface area contributed by atoms with Crippen LogP contribution >= 0.6 is 23.7 Å². The summed E-state index contributed by atoms with van der Waals surface area (Å²) in [6.07, 6.45) is 1.14. The van der Waals surface area contributed by atoms with Crippen LogP contribution in [0.15, 0.2) is 34.4 Å². The van der Waals surface area contributed by atoms with Gasteiger partial charge in [0.1, 0.15) is 5.56 Å². The summed E-state index contributed by atoms with van der Waals surface area (Å²) in [7, 11) is 0. The Bertz CT molecular complexity index is 788. The Morgan fingerprint density at radius 2 is 2.21 bits per heavy atom. The van der Waals surface area contributed by atoms with Gasteiger partial charge in [0, 0.05) is 29.6 Å². The molecule has 2 atom stereocenters. The van der Waals surface area contributed by atoms with Crippen LogP contribution in [0.4, 0.5) is 0 Å². The highest BCUT2D eigenvalue weighted by Gasteiger charge is 2.31. The number of nitrogens with one attached hydrogen (secondary N) is 2. The summed E-state index contributed by atoms with van der Waals surface area (Å²) in [6, 6.07) is 7.56. The Labute approximate surface area is 150 Å². The second-order valence-electron chi connectivity index (χ2n) is 6.31. The Hall–Kier alpha value is -1.63. The van der Waals surface area contributed by atoms with E-state index < -0.39 is 0 Å². The van der Waals surface area contributed by atoms with E-state index in [2.05, 4.69) is 10.6 Å². The number of carbonyl (C=O) groups excluding carboxylic acids is 1. The second-order valence-corrected chi connectivity index (χ2v) is 7.34. The molecule has 2 aliphatic heterocycles. The number of halogens is 1. The summed E-state index contributed by atoms with van der Waals surface area (Å²) < 4.78 is 1.82. The van der Waals surface area contributed by atoms with E-state index in [0.717, 1.165) is 30.1 Å². The van der Waals surface area contributed by atoms with Gasteiger partial charge in [-0.05, 0) is 42.5 Å². The van der Waals surface area contributed by atoms with Gasteiger partial charge in [-0.3, -0.25) is 9.59 Å². The monoisotopic (exact) mass is 365 g/mol. The topological polar surface area (TPSA) is 63.1 Å². The first kappa shape index (κ1) is 17.2. The molecule has 0 aromatic carbocycles. The van der Waals surface area contributed by atoms with Gasteiger partial charge in [0.05, 0.1) is 6.54 Å². The van der Waals surface area contributed by atoms with Gasteiger partial charge in [-0.15, -0.1) is 23.7 Å². The summed E-state index contributed by atoms with van der Waals surface area (Å²) >= 11 is 1.59. The fourth-order valence-electron chi connectivity index (χ4n) is 3.64. The molecule has 0 saturated carbocycles. The second kappa shape index (κ2) is 7.09. The lowest BCUT2D eigenvalue weighted by Gasteiger charge is -2.37. The highest BCUT2D eigenvalue weighted by Crippen LogP contribution is 2.31. The molecule has 2 N–H and O–H groups in total. The van der Waals surface area contributed by atoms with Gasteiger partial charge in [-0.2, -0.15) is 0 Å². The minimum Gasteiger partial charge on any atom is -0.347 e. The molecule has 2 aromatic heterocycles. The number of hydrogen-bond acceptors (Lipinski definition) is 4. The average Bonchev–Trinajstić information content (AvgIpc) is 3.07. The maximum Gasteiger partial charge on any atom is 0.263 e. The van der Waals surface area contributed by atoms with Gasteiger partial charge < -0.3 is 15.2 Å². The van der Waals surface area contributed by atoms with Crippen molar-refractivity contribution < 1.29 is 4.79 Å². The van der Waals surface area contributed by atoms with Crippen LogP contribution in [0, 0.1) is 5.92 Å². The van der Waals surface area contributed by atoms with Crippen molar-refractivity contribution in [2.24, 2.45) is 5.92 Å². The zero-order chi connectivity index (χ0) is 15.8. The van der Waals surface area contributed by atoms with Crippen molar-refractivity contribution in [3.05, 3.63) is 56.1 Å². The maximum absolute atomic E-state index is 12.7. The van der Waals surface area contributed by atoms with Crippen LogP contribution in [0.3, 0.4) is 0 Å². The summed E-state index contributed by atoms with van der Waals surface area (Å²) in [4.78, 5) is 26.2. The van der Waals surface area contributed by atoms with Crippen molar-refractivity contribution in [2.45, 2.75) is 25.4 Å². The standard InChI is InChI=1S/C17H19N3O2S.ClH/c21-16(19-9-13-2-1-5-23-13)14-3-4-15-12-6-11(7-18-8-12)10-20(15)17(14)22;/h1-5,11-12,18H,6-10H2,(H,19,21);1H/t11-,12+;/m0./s1. The Morgan fingerprint density at radius 3 is 3.00 bits per heavy atom. The predicted molar refractivity (Wildman–Crippen MR) is 97.2 cm³/mol. The van der Waals surface area contributed by atoms with E-state index in [1.807, 2.05) is 28.1 Å². The number of carbonyl (C=O) groups is 1. The van der Waals surface area contributed by atoms with Crippen molar-refractivity contribution in [2.75, 3.05) is 13.1 Å². The first-order valence-electron chi connectivity index (χ1n) is 7.97. The van der Waals surface area contributed by atoms with Crippen LogP contribution in [-0.4, -0.2) is 23.6 Å². The molecule has 4 rings (SSSR count). The maximum atomic E-state index is 12.7. The van der Waals surface area contributed by atoms with E-state index in [0.29, 0.717) is 24.9 Å². The van der Waals surface area contributed by atoms with Crippen molar-refractivity contribution in [3.8, 4) is 0 Å². The Morgan fingerprint density at radius 1 is 1.33 bits per heavy atom. The summed E-state index contributed by atoms with van der Waals surface area (Å²) in [5.74, 6) is 0.592. The van der Waals surface area contributed by atoms with E-state index in [4.69, 9.17) is 0 Å². The lowest BCUT2D eigenvalue weighted by Crippen LogP contribution is -2.46. The van der Waals surface area contributed by atoms with Gasteiger partial charge in [-0.25, -0.2) is 0 Å². The smallest absolute Gasteiger partial charge is 0.263 e. The summed E-state index contributed by atoms with van der Waals surface area (Å²) in [6.45, 7) is 3.05. The number of aromatic nitrogens is 1. The number of rotatable bonds is 3. The first-order valence-corrected chi connectivity index (χ1v) is 8.85. The molecule has 7 heteroatoms. The fourth-order valence-corrected chi connectivity index (χ4v) is 4.28. The van der Waals surface area contributed by atoms with Gasteiger partial charge >= 0.3 is 0 Å². The lowest BCUT2D eigenvalue weighted by atomic mass is 9.84. The predicted octanol–water partition coefficient (Wildman–Crippen LogP) is 1.97. The molecule has 1 amide bonds. The highest BCUT2D eigenvalue weighted by atomic mass is 35.5. The van der Waals surface area contributed by atoms with Crippen molar-refractivity contribution in [1.29, 1.82) is 0 Å². The molecule has 128 valence electrons. The molecule has 5 nitrogen and oxygen atoms in total. The molecule has 24 heavy (non-hydrogen) atoms. The normalized spacial score (nSPS) is 21.5. The van der Waals surface area contributed by atoms with Crippen LogP contribution in [0.5, 0.6) is 0 Å². The van der Waals surface area contributed by atoms with Crippen molar-refractivity contribution in [1.82, 2.24) is 15.2 Å². The summed E-state index contributed by atoms with van der Waals surface area (Å²) in [5.41, 5.74) is 1.16. The average molecular weight is 366 g/mol. The zero-order valence-corrected chi connectivity index (χ0v) is 14.8. The number of fused-ring (bicyclic) bond motifs is 4. The molecule has 0 radical (unpaired) electrons. The molecule has 4 heterocycles. The van der Waals surface area contributed by atoms with E-state index in [1.54, 1.807) is 17.4 Å². The third-order valence-corrected chi connectivity index (χ3v) is 5.63. The fraction of sp³-hybridized carbons (Fsp3) is 0.412. The molecule has 1 fully saturated rings. The SMILES string of the molecule is Cl.O=C(NCc1cccs1)c1ccc2n(c1=O)C[C@@H]1CNC[C@H]2C1. The Balaban J connectivity index is 0.00000169. The molecule has 2 aliphatic rings. The van der Waals surface area contributed by atoms with Crippen molar-refractivity contribution >= 4 is 29.7 Å². The van der Waals surface area contributed by atoms with Crippen LogP contribution in [-0.2, 0) is 13.1 Å². The molecule has 2 aromatic rings. The molecule has 1 saturated heterocycles. The van der Waals surface area contributed by atoms with Crippen LogP contribution in [0.2, 0.25) is 0 Å². The largest absolute Gasteiger partial charge is 0.347 e. The third kappa shape index (κ3) is 3.14. The molecular formula is C17H20ClN3O2S. The zero-order valence-electron chi connectivity index (χ0n) is 13.2. The molecule has 0 spiro atoms. The Kier molecular flexibility index (Phi) is 5.08.